The van der Waals surface area contributed by atoms with E-state index in [-0.39, 0.29) is 18.8 Å². The van der Waals surface area contributed by atoms with Gasteiger partial charge in [0.1, 0.15) is 0 Å². The van der Waals surface area contributed by atoms with Crippen LogP contribution in [0.4, 0.5) is 18.9 Å². The van der Waals surface area contributed by atoms with Crippen LogP contribution in [-0.2, 0) is 17.5 Å². The zero-order valence-electron chi connectivity index (χ0n) is 15.0. The van der Waals surface area contributed by atoms with Crippen LogP contribution in [-0.4, -0.2) is 29.4 Å². The molecule has 8 heteroatoms. The Morgan fingerprint density at radius 1 is 1.11 bits per heavy atom. The number of rotatable bonds is 6. The lowest BCUT2D eigenvalue weighted by Crippen LogP contribution is -2.30. The Bertz CT molecular complexity index is 939. The summed E-state index contributed by atoms with van der Waals surface area (Å²) in [6.07, 6.45) is -2.94. The number of para-hydroxylation sites is 1. The summed E-state index contributed by atoms with van der Waals surface area (Å²) in [5, 5.41) is 2.31. The molecule has 0 aliphatic carbocycles. The Kier molecular flexibility index (Phi) is 5.79. The van der Waals surface area contributed by atoms with Crippen molar-refractivity contribution in [2.24, 2.45) is 0 Å². The monoisotopic (exact) mass is 389 g/mol. The number of alkyl halides is 3. The van der Waals surface area contributed by atoms with Crippen LogP contribution < -0.4 is 5.32 Å². The van der Waals surface area contributed by atoms with Gasteiger partial charge in [0.15, 0.2) is 5.76 Å². The molecule has 146 valence electrons. The second kappa shape index (κ2) is 8.26. The minimum atomic E-state index is -4.54. The Labute approximate surface area is 159 Å². The third-order valence-electron chi connectivity index (χ3n) is 3.94. The van der Waals surface area contributed by atoms with Crippen LogP contribution in [0.25, 0.3) is 11.3 Å². The van der Waals surface area contributed by atoms with Gasteiger partial charge in [-0.3, -0.25) is 9.69 Å². The number of amides is 1. The van der Waals surface area contributed by atoms with Gasteiger partial charge >= 0.3 is 6.18 Å². The number of carbonyl (C=O) groups is 1. The average molecular weight is 389 g/mol. The topological polar surface area (TPSA) is 58.4 Å². The van der Waals surface area contributed by atoms with E-state index < -0.39 is 17.6 Å². The largest absolute Gasteiger partial charge is 0.439 e. The number of benzene rings is 2. The molecular weight excluding hydrogens is 371 g/mol. The standard InChI is InChI=1S/C20H18F3N3O2/c1-26(13-19-24-11-17(28-19)14-7-3-2-4-8-14)12-18(27)25-16-10-6-5-9-15(16)20(21,22)23/h2-11H,12-13H2,1H3,(H,25,27). The van der Waals surface area contributed by atoms with Gasteiger partial charge in [0.05, 0.1) is 30.5 Å². The number of likely N-dealkylation sites (N-methyl/N-ethyl adjacent to an activating group) is 1. The summed E-state index contributed by atoms with van der Waals surface area (Å²) in [5.74, 6) is 0.450. The van der Waals surface area contributed by atoms with E-state index in [1.165, 1.54) is 18.2 Å². The molecule has 0 aliphatic heterocycles. The molecule has 5 nitrogen and oxygen atoms in total. The van der Waals surface area contributed by atoms with Crippen molar-refractivity contribution in [2.75, 3.05) is 18.9 Å². The van der Waals surface area contributed by atoms with Crippen LogP contribution in [0.1, 0.15) is 11.5 Å². The van der Waals surface area contributed by atoms with Crippen LogP contribution in [0.5, 0.6) is 0 Å². The summed E-state index contributed by atoms with van der Waals surface area (Å²) >= 11 is 0. The van der Waals surface area contributed by atoms with Gasteiger partial charge in [0.2, 0.25) is 11.8 Å². The molecule has 0 aliphatic rings. The maximum absolute atomic E-state index is 13.0. The average Bonchev–Trinajstić information content (AvgIpc) is 3.10. The molecule has 0 saturated carbocycles. The summed E-state index contributed by atoms with van der Waals surface area (Å²) in [4.78, 5) is 17.9. The van der Waals surface area contributed by atoms with Gasteiger partial charge in [-0.25, -0.2) is 4.98 Å². The number of anilines is 1. The lowest BCUT2D eigenvalue weighted by molar-refractivity contribution is -0.137. The van der Waals surface area contributed by atoms with Gasteiger partial charge in [-0.2, -0.15) is 13.2 Å². The predicted octanol–water partition coefficient (Wildman–Crippen LogP) is 4.43. The van der Waals surface area contributed by atoms with E-state index in [0.717, 1.165) is 11.6 Å². The first-order chi connectivity index (χ1) is 13.3. The van der Waals surface area contributed by atoms with Crippen LogP contribution >= 0.6 is 0 Å². The van der Waals surface area contributed by atoms with Gasteiger partial charge in [0, 0.05) is 5.56 Å². The molecule has 3 aromatic rings. The number of hydrogen-bond acceptors (Lipinski definition) is 4. The molecule has 3 rings (SSSR count). The molecule has 1 aromatic heterocycles. The van der Waals surface area contributed by atoms with Gasteiger partial charge in [-0.1, -0.05) is 42.5 Å². The van der Waals surface area contributed by atoms with Crippen molar-refractivity contribution < 1.29 is 22.4 Å². The van der Waals surface area contributed by atoms with Crippen LogP contribution in [0, 0.1) is 0 Å². The molecule has 0 unspecified atom stereocenters. The molecule has 0 spiro atoms. The Morgan fingerprint density at radius 3 is 2.50 bits per heavy atom. The number of halogens is 3. The van der Waals surface area contributed by atoms with E-state index >= 15 is 0 Å². The van der Waals surface area contributed by atoms with Crippen molar-refractivity contribution in [1.82, 2.24) is 9.88 Å². The number of aromatic nitrogens is 1. The SMILES string of the molecule is CN(CC(=O)Nc1ccccc1C(F)(F)F)Cc1ncc(-c2ccccc2)o1. The normalized spacial score (nSPS) is 11.6. The maximum Gasteiger partial charge on any atom is 0.418 e. The van der Waals surface area contributed by atoms with Gasteiger partial charge in [-0.05, 0) is 19.2 Å². The fourth-order valence-electron chi connectivity index (χ4n) is 2.68. The molecular formula is C20H18F3N3O2. The van der Waals surface area contributed by atoms with Gasteiger partial charge < -0.3 is 9.73 Å². The second-order valence-corrected chi connectivity index (χ2v) is 6.25. The van der Waals surface area contributed by atoms with E-state index in [1.54, 1.807) is 18.1 Å². The Morgan fingerprint density at radius 2 is 1.79 bits per heavy atom. The lowest BCUT2D eigenvalue weighted by atomic mass is 10.1. The number of hydrogen-bond donors (Lipinski definition) is 1. The molecule has 0 radical (unpaired) electrons. The van der Waals surface area contributed by atoms with E-state index in [1.807, 2.05) is 30.3 Å². The highest BCUT2D eigenvalue weighted by atomic mass is 19.4. The molecule has 0 saturated heterocycles. The number of nitrogens with one attached hydrogen (secondary N) is 1. The van der Waals surface area contributed by atoms with E-state index in [9.17, 15) is 18.0 Å². The molecule has 0 fully saturated rings. The summed E-state index contributed by atoms with van der Waals surface area (Å²) in [6, 6.07) is 14.3. The second-order valence-electron chi connectivity index (χ2n) is 6.25. The summed E-state index contributed by atoms with van der Waals surface area (Å²) < 4.78 is 44.7. The van der Waals surface area contributed by atoms with Gasteiger partial charge in [0.25, 0.3) is 0 Å². The van der Waals surface area contributed by atoms with Crippen molar-refractivity contribution in [3.8, 4) is 11.3 Å². The number of carbonyl (C=O) groups excluding carboxylic acids is 1. The predicted molar refractivity (Wildman–Crippen MR) is 98.3 cm³/mol. The molecule has 1 heterocycles. The zero-order valence-corrected chi connectivity index (χ0v) is 15.0. The first-order valence-corrected chi connectivity index (χ1v) is 8.47. The fraction of sp³-hybridized carbons (Fsp3) is 0.200. The Balaban J connectivity index is 1.59. The highest BCUT2D eigenvalue weighted by molar-refractivity contribution is 5.93. The molecule has 1 N–H and O–H groups in total. The highest BCUT2D eigenvalue weighted by Gasteiger charge is 2.33. The first kappa shape index (κ1) is 19.6. The molecule has 28 heavy (non-hydrogen) atoms. The molecule has 1 amide bonds. The van der Waals surface area contributed by atoms with Crippen LogP contribution in [0.2, 0.25) is 0 Å². The molecule has 0 atom stereocenters. The van der Waals surface area contributed by atoms with Gasteiger partial charge in [-0.15, -0.1) is 0 Å². The fourth-order valence-corrected chi connectivity index (χ4v) is 2.68. The summed E-state index contributed by atoms with van der Waals surface area (Å²) in [5.41, 5.74) is -0.271. The van der Waals surface area contributed by atoms with Crippen LogP contribution in [0.15, 0.2) is 65.2 Å². The van der Waals surface area contributed by atoms with Crippen molar-refractivity contribution in [3.05, 3.63) is 72.2 Å². The van der Waals surface area contributed by atoms with E-state index in [2.05, 4.69) is 10.3 Å². The summed E-state index contributed by atoms with van der Waals surface area (Å²) in [6.45, 7) is 0.121. The van der Waals surface area contributed by atoms with Crippen molar-refractivity contribution in [1.29, 1.82) is 0 Å². The maximum atomic E-state index is 13.0. The zero-order chi connectivity index (χ0) is 20.1. The van der Waals surface area contributed by atoms with Crippen molar-refractivity contribution >= 4 is 11.6 Å². The first-order valence-electron chi connectivity index (χ1n) is 8.47. The van der Waals surface area contributed by atoms with Crippen LogP contribution in [0.3, 0.4) is 0 Å². The number of oxazole rings is 1. The highest BCUT2D eigenvalue weighted by Crippen LogP contribution is 2.34. The third-order valence-corrected chi connectivity index (χ3v) is 3.94. The minimum absolute atomic E-state index is 0.116. The minimum Gasteiger partial charge on any atom is -0.439 e. The molecule has 0 bridgehead atoms. The molecule has 2 aromatic carbocycles. The number of nitrogens with zero attached hydrogens (tertiary/aromatic N) is 2. The smallest absolute Gasteiger partial charge is 0.418 e. The third kappa shape index (κ3) is 4.98. The van der Waals surface area contributed by atoms with E-state index in [0.29, 0.717) is 11.7 Å². The lowest BCUT2D eigenvalue weighted by Gasteiger charge is -2.16. The van der Waals surface area contributed by atoms with Crippen molar-refractivity contribution in [3.63, 3.8) is 0 Å². The quantitative estimate of drug-likeness (QED) is 0.678. The summed E-state index contributed by atoms with van der Waals surface area (Å²) in [7, 11) is 1.65. The van der Waals surface area contributed by atoms with E-state index in [4.69, 9.17) is 4.42 Å². The van der Waals surface area contributed by atoms with Crippen molar-refractivity contribution in [2.45, 2.75) is 12.7 Å². The Hall–Kier alpha value is -3.13.